The number of aryl methyl sites for hydroxylation is 2. The number of esters is 1. The van der Waals surface area contributed by atoms with Crippen LogP contribution in [0, 0.1) is 0 Å². The number of fused-ring (bicyclic) bond motifs is 1. The van der Waals surface area contributed by atoms with Crippen molar-refractivity contribution in [3.05, 3.63) is 59.2 Å². The summed E-state index contributed by atoms with van der Waals surface area (Å²) in [4.78, 5) is 25.2. The first-order chi connectivity index (χ1) is 12.2. The Balaban J connectivity index is 1.57. The molecule has 4 nitrogen and oxygen atoms in total. The SMILES string of the molecule is CSc1ccccc1NC(=O)COC(=O)c1ccc2c(c1)CCCC2. The van der Waals surface area contributed by atoms with Gasteiger partial charge in [-0.05, 0) is 67.3 Å². The molecule has 0 saturated heterocycles. The molecular weight excluding hydrogens is 334 g/mol. The van der Waals surface area contributed by atoms with Crippen LogP contribution >= 0.6 is 11.8 Å². The molecule has 0 aliphatic heterocycles. The Kier molecular flexibility index (Phi) is 5.76. The van der Waals surface area contributed by atoms with Gasteiger partial charge in [0, 0.05) is 4.90 Å². The van der Waals surface area contributed by atoms with Crippen LogP contribution in [0.15, 0.2) is 47.4 Å². The minimum absolute atomic E-state index is 0.293. The molecule has 3 rings (SSSR count). The molecule has 0 aromatic heterocycles. The summed E-state index contributed by atoms with van der Waals surface area (Å²) in [5.74, 6) is -0.797. The van der Waals surface area contributed by atoms with Gasteiger partial charge in [0.1, 0.15) is 0 Å². The van der Waals surface area contributed by atoms with E-state index in [9.17, 15) is 9.59 Å². The van der Waals surface area contributed by atoms with Gasteiger partial charge in [-0.1, -0.05) is 18.2 Å². The summed E-state index contributed by atoms with van der Waals surface area (Å²) in [7, 11) is 0. The van der Waals surface area contributed by atoms with Crippen molar-refractivity contribution < 1.29 is 14.3 Å². The first kappa shape index (κ1) is 17.5. The highest BCUT2D eigenvalue weighted by molar-refractivity contribution is 7.98. The number of para-hydroxylation sites is 1. The zero-order chi connectivity index (χ0) is 17.6. The maximum absolute atomic E-state index is 12.2. The van der Waals surface area contributed by atoms with Crippen molar-refractivity contribution in [3.63, 3.8) is 0 Å². The highest BCUT2D eigenvalue weighted by atomic mass is 32.2. The van der Waals surface area contributed by atoms with Crippen LogP contribution in [0.25, 0.3) is 0 Å². The van der Waals surface area contributed by atoms with Gasteiger partial charge in [-0.25, -0.2) is 4.79 Å². The van der Waals surface area contributed by atoms with Gasteiger partial charge >= 0.3 is 5.97 Å². The van der Waals surface area contributed by atoms with E-state index in [1.165, 1.54) is 17.5 Å². The molecule has 130 valence electrons. The number of benzene rings is 2. The summed E-state index contributed by atoms with van der Waals surface area (Å²) in [6.45, 7) is -0.293. The summed E-state index contributed by atoms with van der Waals surface area (Å²) < 4.78 is 5.17. The molecule has 0 unspecified atom stereocenters. The lowest BCUT2D eigenvalue weighted by Gasteiger charge is -2.16. The number of anilines is 1. The Morgan fingerprint density at radius 3 is 2.64 bits per heavy atom. The van der Waals surface area contributed by atoms with Crippen LogP contribution in [-0.4, -0.2) is 24.7 Å². The molecule has 0 bridgehead atoms. The number of hydrogen-bond acceptors (Lipinski definition) is 4. The van der Waals surface area contributed by atoms with Gasteiger partial charge in [-0.15, -0.1) is 11.8 Å². The smallest absolute Gasteiger partial charge is 0.338 e. The Morgan fingerprint density at radius 1 is 1.08 bits per heavy atom. The molecule has 1 amide bonds. The fourth-order valence-electron chi connectivity index (χ4n) is 3.01. The predicted octanol–water partition coefficient (Wildman–Crippen LogP) is 4.08. The summed E-state index contributed by atoms with van der Waals surface area (Å²) >= 11 is 1.55. The van der Waals surface area contributed by atoms with E-state index < -0.39 is 5.97 Å². The third-order valence-electron chi connectivity index (χ3n) is 4.30. The average Bonchev–Trinajstić information content (AvgIpc) is 2.66. The van der Waals surface area contributed by atoms with Gasteiger partial charge in [0.25, 0.3) is 5.91 Å². The normalized spacial score (nSPS) is 13.0. The molecule has 0 heterocycles. The van der Waals surface area contributed by atoms with Gasteiger partial charge in [-0.2, -0.15) is 0 Å². The van der Waals surface area contributed by atoms with Gasteiger partial charge in [0.15, 0.2) is 6.61 Å². The van der Waals surface area contributed by atoms with Crippen LogP contribution in [0.2, 0.25) is 0 Å². The molecule has 0 atom stereocenters. The molecule has 1 aliphatic rings. The van der Waals surface area contributed by atoms with Crippen LogP contribution < -0.4 is 5.32 Å². The van der Waals surface area contributed by atoms with Crippen molar-refractivity contribution in [2.24, 2.45) is 0 Å². The largest absolute Gasteiger partial charge is 0.452 e. The molecule has 0 radical (unpaired) electrons. The lowest BCUT2D eigenvalue weighted by Crippen LogP contribution is -2.21. The Hall–Kier alpha value is -2.27. The van der Waals surface area contributed by atoms with E-state index in [2.05, 4.69) is 5.32 Å². The Morgan fingerprint density at radius 2 is 1.84 bits per heavy atom. The van der Waals surface area contributed by atoms with E-state index in [1.807, 2.05) is 42.7 Å². The standard InChI is InChI=1S/C20H21NO3S/c1-25-18-9-5-4-8-17(18)21-19(22)13-24-20(23)16-11-10-14-6-2-3-7-15(14)12-16/h4-5,8-12H,2-3,6-7,13H2,1H3,(H,21,22). The minimum atomic E-state index is -0.457. The highest BCUT2D eigenvalue weighted by Gasteiger charge is 2.15. The Bertz CT molecular complexity index is 788. The fourth-order valence-corrected chi connectivity index (χ4v) is 3.56. The number of thioether (sulfide) groups is 1. The first-order valence-corrected chi connectivity index (χ1v) is 9.61. The number of ether oxygens (including phenoxy) is 1. The van der Waals surface area contributed by atoms with Crippen molar-refractivity contribution in [2.75, 3.05) is 18.2 Å². The third-order valence-corrected chi connectivity index (χ3v) is 5.10. The topological polar surface area (TPSA) is 55.4 Å². The van der Waals surface area contributed by atoms with Crippen molar-refractivity contribution in [3.8, 4) is 0 Å². The number of hydrogen-bond donors (Lipinski definition) is 1. The average molecular weight is 355 g/mol. The first-order valence-electron chi connectivity index (χ1n) is 8.39. The van der Waals surface area contributed by atoms with Crippen LogP contribution in [-0.2, 0) is 22.4 Å². The lowest BCUT2D eigenvalue weighted by atomic mass is 9.90. The van der Waals surface area contributed by atoms with Gasteiger partial charge in [0.05, 0.1) is 11.3 Å². The van der Waals surface area contributed by atoms with E-state index in [0.29, 0.717) is 5.56 Å². The molecule has 1 aliphatic carbocycles. The number of carbonyl (C=O) groups is 2. The van der Waals surface area contributed by atoms with E-state index in [-0.39, 0.29) is 12.5 Å². The van der Waals surface area contributed by atoms with E-state index in [0.717, 1.165) is 29.8 Å². The van der Waals surface area contributed by atoms with Crippen molar-refractivity contribution >= 4 is 29.3 Å². The molecule has 2 aromatic rings. The fraction of sp³-hybridized carbons (Fsp3) is 0.300. The van der Waals surface area contributed by atoms with E-state index in [1.54, 1.807) is 17.8 Å². The number of nitrogens with one attached hydrogen (secondary N) is 1. The second-order valence-electron chi connectivity index (χ2n) is 6.02. The van der Waals surface area contributed by atoms with Crippen LogP contribution in [0.1, 0.15) is 34.3 Å². The number of rotatable bonds is 5. The monoisotopic (exact) mass is 355 g/mol. The minimum Gasteiger partial charge on any atom is -0.452 e. The van der Waals surface area contributed by atoms with E-state index in [4.69, 9.17) is 4.74 Å². The molecule has 0 spiro atoms. The van der Waals surface area contributed by atoms with Crippen molar-refractivity contribution in [2.45, 2.75) is 30.6 Å². The van der Waals surface area contributed by atoms with Gasteiger partial charge in [0.2, 0.25) is 0 Å². The van der Waals surface area contributed by atoms with Crippen molar-refractivity contribution in [1.29, 1.82) is 0 Å². The Labute approximate surface area is 152 Å². The maximum atomic E-state index is 12.2. The molecule has 0 saturated carbocycles. The molecule has 1 N–H and O–H groups in total. The summed E-state index contributed by atoms with van der Waals surface area (Å²) in [6.07, 6.45) is 6.38. The van der Waals surface area contributed by atoms with Gasteiger partial charge < -0.3 is 10.1 Å². The quantitative estimate of drug-likeness (QED) is 0.648. The second-order valence-corrected chi connectivity index (χ2v) is 6.86. The zero-order valence-corrected chi connectivity index (χ0v) is 15.0. The molecule has 25 heavy (non-hydrogen) atoms. The summed E-state index contributed by atoms with van der Waals surface area (Å²) in [6, 6.07) is 13.2. The van der Waals surface area contributed by atoms with Gasteiger partial charge in [-0.3, -0.25) is 4.79 Å². The number of amides is 1. The molecule has 0 fully saturated rings. The lowest BCUT2D eigenvalue weighted by molar-refractivity contribution is -0.119. The second kappa shape index (κ2) is 8.21. The third kappa shape index (κ3) is 4.42. The number of carbonyl (C=O) groups excluding carboxylic acids is 2. The van der Waals surface area contributed by atoms with E-state index >= 15 is 0 Å². The summed E-state index contributed by atoms with van der Waals surface area (Å²) in [5.41, 5.74) is 3.77. The van der Waals surface area contributed by atoms with Crippen LogP contribution in [0.4, 0.5) is 5.69 Å². The molecule has 2 aromatic carbocycles. The van der Waals surface area contributed by atoms with Crippen LogP contribution in [0.3, 0.4) is 0 Å². The molecular formula is C20H21NO3S. The predicted molar refractivity (Wildman–Crippen MR) is 100 cm³/mol. The van der Waals surface area contributed by atoms with Crippen LogP contribution in [0.5, 0.6) is 0 Å². The molecule has 5 heteroatoms. The zero-order valence-electron chi connectivity index (χ0n) is 14.2. The highest BCUT2D eigenvalue weighted by Crippen LogP contribution is 2.25. The summed E-state index contributed by atoms with van der Waals surface area (Å²) in [5, 5.41) is 2.78. The van der Waals surface area contributed by atoms with Crippen molar-refractivity contribution in [1.82, 2.24) is 0 Å². The maximum Gasteiger partial charge on any atom is 0.338 e.